The maximum atomic E-state index is 14.3. The normalized spacial score (nSPS) is 20.0. The lowest BCUT2D eigenvalue weighted by Crippen LogP contribution is -2.49. The number of aromatic hydroxyl groups is 1. The highest BCUT2D eigenvalue weighted by molar-refractivity contribution is 5.81. The van der Waals surface area contributed by atoms with E-state index in [-0.39, 0.29) is 30.8 Å². The number of amides is 1. The summed E-state index contributed by atoms with van der Waals surface area (Å²) in [4.78, 5) is 16.4. The average molecular weight is 425 g/mol. The molecule has 2 heterocycles. The lowest BCUT2D eigenvalue weighted by molar-refractivity contribution is -0.107. The number of carbonyl (C=O) groups is 1. The van der Waals surface area contributed by atoms with Crippen molar-refractivity contribution in [3.8, 4) is 17.0 Å². The lowest BCUT2D eigenvalue weighted by Gasteiger charge is -2.44. The fourth-order valence-corrected chi connectivity index (χ4v) is 3.85. The Labute approximate surface area is 177 Å². The molecule has 4 rings (SSSR count). The fourth-order valence-electron chi connectivity index (χ4n) is 3.85. The molecule has 2 aromatic heterocycles. The monoisotopic (exact) mass is 425 g/mol. The predicted octanol–water partition coefficient (Wildman–Crippen LogP) is 3.46. The number of halogens is 2. The summed E-state index contributed by atoms with van der Waals surface area (Å²) in [5.41, 5.74) is 1.10. The summed E-state index contributed by atoms with van der Waals surface area (Å²) in [6.07, 6.45) is 1.51. The van der Waals surface area contributed by atoms with Crippen LogP contribution in [-0.2, 0) is 10.2 Å². The molecule has 9 heteroatoms. The number of hydrogen-bond acceptors (Lipinski definition) is 6. The Bertz CT molecular complexity index is 1090. The van der Waals surface area contributed by atoms with Crippen molar-refractivity contribution in [1.82, 2.24) is 15.2 Å². The van der Waals surface area contributed by atoms with Crippen LogP contribution in [0.3, 0.4) is 0 Å². The lowest BCUT2D eigenvalue weighted by atomic mass is 9.65. The van der Waals surface area contributed by atoms with Crippen molar-refractivity contribution in [3.63, 3.8) is 0 Å². The van der Waals surface area contributed by atoms with Crippen LogP contribution < -0.4 is 10.2 Å². The zero-order valence-electron chi connectivity index (χ0n) is 16.8. The van der Waals surface area contributed by atoms with Crippen molar-refractivity contribution in [2.45, 2.75) is 24.4 Å². The van der Waals surface area contributed by atoms with Gasteiger partial charge in [-0.1, -0.05) is 0 Å². The van der Waals surface area contributed by atoms with Gasteiger partial charge in [0.2, 0.25) is 6.41 Å². The second-order valence-electron chi connectivity index (χ2n) is 7.70. The Morgan fingerprint density at radius 3 is 2.71 bits per heavy atom. The molecule has 1 aromatic carbocycles. The summed E-state index contributed by atoms with van der Waals surface area (Å²) in [5.74, 6) is -0.00449. The summed E-state index contributed by atoms with van der Waals surface area (Å²) in [5, 5.41) is 21.4. The summed E-state index contributed by atoms with van der Waals surface area (Å²) in [6, 6.07) is 11.1. The van der Waals surface area contributed by atoms with Gasteiger partial charge in [-0.25, -0.2) is 8.78 Å². The Balaban J connectivity index is 1.50. The Morgan fingerprint density at radius 1 is 1.26 bits per heavy atom. The van der Waals surface area contributed by atoms with Crippen molar-refractivity contribution in [1.29, 1.82) is 0 Å². The first kappa shape index (κ1) is 20.6. The van der Waals surface area contributed by atoms with E-state index < -0.39 is 17.4 Å². The molecule has 160 valence electrons. The first-order valence-electron chi connectivity index (χ1n) is 9.76. The molecule has 31 heavy (non-hydrogen) atoms. The standard InChI is InChI=1S/C22H21F2N5O2/c1-29(13-30)18-9-14(4-6-19(18)31)17-5-7-20(28-27-17)26-12-22(10-15(23)11-22)21-16(24)3-2-8-25-21/h2-9,13,15,31H,10-12H2,1H3,(H,26,28). The van der Waals surface area contributed by atoms with Crippen LogP contribution in [0.15, 0.2) is 48.7 Å². The number of nitrogens with zero attached hydrogens (tertiary/aromatic N) is 4. The number of phenolic OH excluding ortho intramolecular Hbond substituents is 1. The van der Waals surface area contributed by atoms with Crippen LogP contribution in [-0.4, -0.2) is 46.5 Å². The van der Waals surface area contributed by atoms with E-state index in [0.29, 0.717) is 29.2 Å². The molecule has 0 aliphatic heterocycles. The highest BCUT2D eigenvalue weighted by Crippen LogP contribution is 2.45. The number of pyridine rings is 1. The molecule has 1 aliphatic carbocycles. The van der Waals surface area contributed by atoms with Gasteiger partial charge in [0.1, 0.15) is 23.6 Å². The van der Waals surface area contributed by atoms with Crippen molar-refractivity contribution < 1.29 is 18.7 Å². The van der Waals surface area contributed by atoms with Crippen LogP contribution >= 0.6 is 0 Å². The summed E-state index contributed by atoms with van der Waals surface area (Å²) in [6.45, 7) is 0.281. The Morgan fingerprint density at radius 2 is 2.06 bits per heavy atom. The fraction of sp³-hybridized carbons (Fsp3) is 0.273. The molecule has 7 nitrogen and oxygen atoms in total. The first-order valence-corrected chi connectivity index (χ1v) is 9.76. The zero-order chi connectivity index (χ0) is 22.0. The minimum absolute atomic E-state index is 0.0247. The molecule has 0 saturated heterocycles. The largest absolute Gasteiger partial charge is 0.506 e. The summed E-state index contributed by atoms with van der Waals surface area (Å²) < 4.78 is 27.9. The van der Waals surface area contributed by atoms with Gasteiger partial charge in [0.25, 0.3) is 0 Å². The molecule has 0 radical (unpaired) electrons. The number of rotatable bonds is 7. The zero-order valence-corrected chi connectivity index (χ0v) is 16.8. The Hall–Kier alpha value is -3.62. The second-order valence-corrected chi connectivity index (χ2v) is 7.70. The van der Waals surface area contributed by atoms with Gasteiger partial charge in [-0.15, -0.1) is 10.2 Å². The minimum atomic E-state index is -0.982. The van der Waals surface area contributed by atoms with Crippen LogP contribution in [0.4, 0.5) is 20.3 Å². The summed E-state index contributed by atoms with van der Waals surface area (Å²) in [7, 11) is 1.53. The number of phenols is 1. The molecule has 1 fully saturated rings. The molecule has 0 bridgehead atoms. The van der Waals surface area contributed by atoms with Gasteiger partial charge in [0.05, 0.1) is 17.1 Å². The van der Waals surface area contributed by atoms with E-state index in [0.717, 1.165) is 0 Å². The smallest absolute Gasteiger partial charge is 0.213 e. The average Bonchev–Trinajstić information content (AvgIpc) is 2.76. The third-order valence-electron chi connectivity index (χ3n) is 5.57. The topological polar surface area (TPSA) is 91.2 Å². The van der Waals surface area contributed by atoms with E-state index in [2.05, 4.69) is 20.5 Å². The van der Waals surface area contributed by atoms with Gasteiger partial charge < -0.3 is 15.3 Å². The van der Waals surface area contributed by atoms with E-state index in [1.165, 1.54) is 36.3 Å². The van der Waals surface area contributed by atoms with Crippen molar-refractivity contribution in [2.24, 2.45) is 0 Å². The van der Waals surface area contributed by atoms with E-state index in [9.17, 15) is 18.7 Å². The SMILES string of the molecule is CN(C=O)c1cc(-c2ccc(NCC3(c4ncccc4F)CC(F)C3)nn2)ccc1O. The van der Waals surface area contributed by atoms with Crippen molar-refractivity contribution >= 4 is 17.9 Å². The van der Waals surface area contributed by atoms with Gasteiger partial charge in [0, 0.05) is 30.8 Å². The van der Waals surface area contributed by atoms with E-state index >= 15 is 0 Å². The number of anilines is 2. The number of benzene rings is 1. The van der Waals surface area contributed by atoms with Gasteiger partial charge in [-0.05, 0) is 55.3 Å². The number of aromatic nitrogens is 3. The molecule has 1 saturated carbocycles. The molecule has 1 aliphatic rings. The molecule has 3 aromatic rings. The van der Waals surface area contributed by atoms with Crippen molar-refractivity contribution in [2.75, 3.05) is 23.8 Å². The van der Waals surface area contributed by atoms with Gasteiger partial charge in [-0.2, -0.15) is 0 Å². The molecule has 2 N–H and O–H groups in total. The predicted molar refractivity (Wildman–Crippen MR) is 112 cm³/mol. The van der Waals surface area contributed by atoms with Gasteiger partial charge in [0.15, 0.2) is 0 Å². The number of nitrogens with one attached hydrogen (secondary N) is 1. The third-order valence-corrected chi connectivity index (χ3v) is 5.57. The van der Waals surface area contributed by atoms with E-state index in [4.69, 9.17) is 0 Å². The van der Waals surface area contributed by atoms with Gasteiger partial charge in [-0.3, -0.25) is 9.78 Å². The first-order chi connectivity index (χ1) is 14.9. The molecule has 0 atom stereocenters. The third kappa shape index (κ3) is 4.03. The van der Waals surface area contributed by atoms with E-state index in [1.54, 1.807) is 24.3 Å². The number of carbonyl (C=O) groups excluding carboxylic acids is 1. The van der Waals surface area contributed by atoms with Crippen LogP contribution in [0, 0.1) is 5.82 Å². The highest BCUT2D eigenvalue weighted by atomic mass is 19.1. The number of alkyl halides is 1. The van der Waals surface area contributed by atoms with Crippen LogP contribution in [0.1, 0.15) is 18.5 Å². The van der Waals surface area contributed by atoms with E-state index in [1.807, 2.05) is 0 Å². The Kier molecular flexibility index (Phi) is 5.50. The van der Waals surface area contributed by atoms with Crippen LogP contribution in [0.25, 0.3) is 11.3 Å². The maximum Gasteiger partial charge on any atom is 0.213 e. The quantitative estimate of drug-likeness (QED) is 0.564. The minimum Gasteiger partial charge on any atom is -0.506 e. The second kappa shape index (κ2) is 8.25. The molecule has 1 amide bonds. The molecule has 0 spiro atoms. The van der Waals surface area contributed by atoms with Crippen LogP contribution in [0.2, 0.25) is 0 Å². The molecular formula is C22H21F2N5O2. The highest BCUT2D eigenvalue weighted by Gasteiger charge is 2.48. The molecular weight excluding hydrogens is 404 g/mol. The molecule has 0 unspecified atom stereocenters. The summed E-state index contributed by atoms with van der Waals surface area (Å²) >= 11 is 0. The van der Waals surface area contributed by atoms with Gasteiger partial charge >= 0.3 is 0 Å². The van der Waals surface area contributed by atoms with Crippen LogP contribution in [0.5, 0.6) is 5.75 Å². The number of hydrogen-bond donors (Lipinski definition) is 2. The maximum absolute atomic E-state index is 14.3. The van der Waals surface area contributed by atoms with Crippen molar-refractivity contribution in [3.05, 3.63) is 60.2 Å².